The molecule has 4 rings (SSSR count). The van der Waals surface area contributed by atoms with Crippen LogP contribution in [0.1, 0.15) is 31.4 Å². The summed E-state index contributed by atoms with van der Waals surface area (Å²) in [7, 11) is 0. The topological polar surface area (TPSA) is 141 Å². The van der Waals surface area contributed by atoms with Gasteiger partial charge >= 0.3 is 0 Å². The first-order valence-electron chi connectivity index (χ1n) is 10.00. The predicted molar refractivity (Wildman–Crippen MR) is 117 cm³/mol. The number of nitriles is 2. The van der Waals surface area contributed by atoms with Crippen LogP contribution in [0.25, 0.3) is 10.9 Å². The van der Waals surface area contributed by atoms with Gasteiger partial charge in [-0.15, -0.1) is 0 Å². The number of aromatic nitrogens is 1. The van der Waals surface area contributed by atoms with Gasteiger partial charge in [-0.1, -0.05) is 42.0 Å². The van der Waals surface area contributed by atoms with Crippen LogP contribution in [0.15, 0.2) is 54.1 Å². The third-order valence-corrected chi connectivity index (χ3v) is 5.57. The van der Waals surface area contributed by atoms with E-state index in [1.54, 1.807) is 0 Å². The van der Waals surface area contributed by atoms with Gasteiger partial charge in [0.05, 0.1) is 18.1 Å². The second kappa shape index (κ2) is 11.8. The van der Waals surface area contributed by atoms with E-state index < -0.39 is 0 Å². The van der Waals surface area contributed by atoms with Crippen molar-refractivity contribution in [2.75, 3.05) is 6.54 Å². The van der Waals surface area contributed by atoms with Gasteiger partial charge in [0.15, 0.2) is 0 Å². The molecule has 0 radical (unpaired) electrons. The summed E-state index contributed by atoms with van der Waals surface area (Å²) in [5.74, 6) is 9.16. The number of fused-ring (bicyclic) bond motifs is 2. The summed E-state index contributed by atoms with van der Waals surface area (Å²) >= 11 is 0. The molecule has 6 heteroatoms. The SMILES string of the molecule is N#CC(CN)C1CCC2CC=CC=C21.N#CCCc1cc2ccccc2[nH]1.NN. The quantitative estimate of drug-likeness (QED) is 0.467. The molecule has 0 spiro atoms. The lowest BCUT2D eigenvalue weighted by Gasteiger charge is -2.20. The number of para-hydroxylation sites is 1. The van der Waals surface area contributed by atoms with E-state index in [0.717, 1.165) is 30.5 Å². The average Bonchev–Trinajstić information content (AvgIpc) is 3.39. The first kappa shape index (κ1) is 22.4. The van der Waals surface area contributed by atoms with Crippen LogP contribution in [0.5, 0.6) is 0 Å². The van der Waals surface area contributed by atoms with Crippen molar-refractivity contribution in [3.05, 3.63) is 59.8 Å². The zero-order valence-corrected chi connectivity index (χ0v) is 16.7. The van der Waals surface area contributed by atoms with Crippen LogP contribution in [0.4, 0.5) is 0 Å². The average molecular weight is 391 g/mol. The molecule has 2 aromatic rings. The minimum atomic E-state index is 0.0257. The molecule has 1 fully saturated rings. The maximum Gasteiger partial charge on any atom is 0.0675 e. The molecule has 2 aliphatic rings. The molecule has 0 amide bonds. The monoisotopic (exact) mass is 390 g/mol. The van der Waals surface area contributed by atoms with Crippen LogP contribution in [-0.2, 0) is 6.42 Å². The van der Waals surface area contributed by atoms with E-state index in [-0.39, 0.29) is 5.92 Å². The molecular formula is C23H30N6. The molecule has 3 atom stereocenters. The maximum atomic E-state index is 9.00. The molecule has 3 unspecified atom stereocenters. The Morgan fingerprint density at radius 3 is 2.66 bits per heavy atom. The van der Waals surface area contributed by atoms with Crippen molar-refractivity contribution in [3.8, 4) is 12.1 Å². The number of nitrogens with one attached hydrogen (secondary N) is 1. The molecule has 152 valence electrons. The van der Waals surface area contributed by atoms with E-state index in [4.69, 9.17) is 16.3 Å². The van der Waals surface area contributed by atoms with Crippen LogP contribution < -0.4 is 17.4 Å². The first-order valence-corrected chi connectivity index (χ1v) is 10.00. The smallest absolute Gasteiger partial charge is 0.0675 e. The Morgan fingerprint density at radius 1 is 1.17 bits per heavy atom. The summed E-state index contributed by atoms with van der Waals surface area (Å²) in [5.41, 5.74) is 9.38. The van der Waals surface area contributed by atoms with Gasteiger partial charge in [-0.2, -0.15) is 10.5 Å². The highest BCUT2D eigenvalue weighted by molar-refractivity contribution is 5.80. The number of hydrogen-bond donors (Lipinski definition) is 4. The zero-order chi connectivity index (χ0) is 21.1. The molecule has 1 aromatic heterocycles. The Labute approximate surface area is 172 Å². The number of hydrazine groups is 1. The van der Waals surface area contributed by atoms with Crippen molar-refractivity contribution in [2.24, 2.45) is 35.2 Å². The summed E-state index contributed by atoms with van der Waals surface area (Å²) in [6.45, 7) is 0.495. The number of aryl methyl sites for hydroxylation is 1. The number of allylic oxidation sites excluding steroid dienone is 4. The third kappa shape index (κ3) is 5.79. The van der Waals surface area contributed by atoms with Crippen molar-refractivity contribution < 1.29 is 0 Å². The summed E-state index contributed by atoms with van der Waals surface area (Å²) in [4.78, 5) is 3.28. The molecule has 2 aliphatic carbocycles. The summed E-state index contributed by atoms with van der Waals surface area (Å²) in [6.07, 6.45) is 11.5. The molecular weight excluding hydrogens is 360 g/mol. The second-order valence-corrected chi connectivity index (χ2v) is 7.22. The fourth-order valence-electron chi connectivity index (χ4n) is 4.15. The van der Waals surface area contributed by atoms with E-state index in [2.05, 4.69) is 59.2 Å². The molecule has 29 heavy (non-hydrogen) atoms. The van der Waals surface area contributed by atoms with E-state index in [1.165, 1.54) is 17.4 Å². The molecule has 7 N–H and O–H groups in total. The van der Waals surface area contributed by atoms with Crippen LogP contribution >= 0.6 is 0 Å². The van der Waals surface area contributed by atoms with Gasteiger partial charge in [-0.25, -0.2) is 0 Å². The number of rotatable bonds is 4. The van der Waals surface area contributed by atoms with Crippen molar-refractivity contribution in [1.29, 1.82) is 10.5 Å². The number of nitrogens with two attached hydrogens (primary N) is 3. The van der Waals surface area contributed by atoms with E-state index >= 15 is 0 Å². The molecule has 0 aliphatic heterocycles. The standard InChI is InChI=1S/C12H16N2.C11H10N2.H4N2/c13-7-10(8-14)12-6-5-9-3-1-2-4-11(9)12;12-7-3-5-10-8-9-4-1-2-6-11(9)13-10;1-2/h1-2,4,9-10,12H,3,5-7,13H2;1-2,4,6,8,13H,3,5H2;1-2H2. The number of H-pyrrole nitrogens is 1. The fourth-order valence-corrected chi connectivity index (χ4v) is 4.15. The molecule has 0 saturated heterocycles. The molecule has 1 heterocycles. The van der Waals surface area contributed by atoms with E-state index in [9.17, 15) is 0 Å². The van der Waals surface area contributed by atoms with Crippen LogP contribution in [0.2, 0.25) is 0 Å². The Bertz CT molecular complexity index is 878. The van der Waals surface area contributed by atoms with Gasteiger partial charge < -0.3 is 10.7 Å². The number of nitrogens with zero attached hydrogens (tertiary/aromatic N) is 2. The fraction of sp³-hybridized carbons (Fsp3) is 0.391. The van der Waals surface area contributed by atoms with Gasteiger partial charge in [-0.3, -0.25) is 11.7 Å². The highest BCUT2D eigenvalue weighted by Crippen LogP contribution is 2.43. The minimum Gasteiger partial charge on any atom is -0.358 e. The lowest BCUT2D eigenvalue weighted by molar-refractivity contribution is 0.479. The molecule has 1 aromatic carbocycles. The Kier molecular flexibility index (Phi) is 9.14. The van der Waals surface area contributed by atoms with Gasteiger partial charge in [0.1, 0.15) is 0 Å². The Balaban J connectivity index is 0.000000191. The summed E-state index contributed by atoms with van der Waals surface area (Å²) < 4.78 is 0. The Morgan fingerprint density at radius 2 is 1.97 bits per heavy atom. The van der Waals surface area contributed by atoms with Crippen LogP contribution in [0, 0.1) is 40.4 Å². The number of hydrogen-bond acceptors (Lipinski definition) is 5. The predicted octanol–water partition coefficient (Wildman–Crippen LogP) is 3.44. The largest absolute Gasteiger partial charge is 0.358 e. The first-order chi connectivity index (χ1) is 14.3. The van der Waals surface area contributed by atoms with Gasteiger partial charge in [-0.05, 0) is 48.6 Å². The van der Waals surface area contributed by atoms with Crippen molar-refractivity contribution >= 4 is 10.9 Å². The third-order valence-electron chi connectivity index (χ3n) is 5.57. The van der Waals surface area contributed by atoms with Gasteiger partial charge in [0.2, 0.25) is 0 Å². The van der Waals surface area contributed by atoms with Crippen LogP contribution in [0.3, 0.4) is 0 Å². The molecule has 1 saturated carbocycles. The normalized spacial score (nSPS) is 20.1. The van der Waals surface area contributed by atoms with E-state index in [0.29, 0.717) is 24.8 Å². The zero-order valence-electron chi connectivity index (χ0n) is 16.7. The lowest BCUT2D eigenvalue weighted by atomic mass is 9.84. The highest BCUT2D eigenvalue weighted by Gasteiger charge is 2.34. The number of aromatic amines is 1. The van der Waals surface area contributed by atoms with Crippen molar-refractivity contribution in [3.63, 3.8) is 0 Å². The molecule has 6 nitrogen and oxygen atoms in total. The van der Waals surface area contributed by atoms with E-state index in [1.807, 2.05) is 18.2 Å². The lowest BCUT2D eigenvalue weighted by Crippen LogP contribution is -2.22. The Hall–Kier alpha value is -2.90. The number of benzene rings is 1. The van der Waals surface area contributed by atoms with Gasteiger partial charge in [0, 0.05) is 30.6 Å². The minimum absolute atomic E-state index is 0.0257. The molecule has 0 bridgehead atoms. The van der Waals surface area contributed by atoms with Gasteiger partial charge in [0.25, 0.3) is 0 Å². The maximum absolute atomic E-state index is 9.00. The van der Waals surface area contributed by atoms with Crippen LogP contribution in [-0.4, -0.2) is 11.5 Å². The second-order valence-electron chi connectivity index (χ2n) is 7.22. The highest BCUT2D eigenvalue weighted by atomic mass is 15.0. The summed E-state index contributed by atoms with van der Waals surface area (Å²) in [5, 5.41) is 18.7. The van der Waals surface area contributed by atoms with Crippen molar-refractivity contribution in [1.82, 2.24) is 4.98 Å². The van der Waals surface area contributed by atoms with Crippen molar-refractivity contribution in [2.45, 2.75) is 32.1 Å². The summed E-state index contributed by atoms with van der Waals surface area (Å²) in [6, 6.07) is 14.7.